The molecule has 88 valence electrons. The summed E-state index contributed by atoms with van der Waals surface area (Å²) < 4.78 is 25.1. The number of nitrogens with two attached hydrogens (primary N) is 1. The van der Waals surface area contributed by atoms with Crippen LogP contribution in [0.4, 0.5) is 14.5 Å². The van der Waals surface area contributed by atoms with Crippen LogP contribution in [0.3, 0.4) is 0 Å². The number of aromatic nitrogens is 1. The number of hydrogen-bond donors (Lipinski definition) is 2. The molecule has 0 saturated heterocycles. The van der Waals surface area contributed by atoms with Gasteiger partial charge in [-0.3, -0.25) is 4.79 Å². The number of carboxylic acids is 1. The highest BCUT2D eigenvalue weighted by Crippen LogP contribution is 2.25. The topological polar surface area (TPSA) is 76.2 Å². The van der Waals surface area contributed by atoms with Crippen LogP contribution in [0.25, 0.3) is 0 Å². The van der Waals surface area contributed by atoms with Gasteiger partial charge in [-0.2, -0.15) is 0 Å². The van der Waals surface area contributed by atoms with Gasteiger partial charge in [-0.15, -0.1) is 11.6 Å². The third-order valence-corrected chi connectivity index (χ3v) is 2.20. The second-order valence-corrected chi connectivity index (χ2v) is 3.34. The van der Waals surface area contributed by atoms with Gasteiger partial charge in [-0.05, 0) is 11.6 Å². The summed E-state index contributed by atoms with van der Waals surface area (Å²) in [6.07, 6.45) is -3.30. The smallest absolute Gasteiger partial charge is 0.309 e. The lowest BCUT2D eigenvalue weighted by Gasteiger charge is -2.10. The zero-order chi connectivity index (χ0) is 12.3. The van der Waals surface area contributed by atoms with E-state index in [2.05, 4.69) is 4.98 Å². The molecule has 0 radical (unpaired) electrons. The van der Waals surface area contributed by atoms with E-state index in [0.29, 0.717) is 0 Å². The van der Waals surface area contributed by atoms with Crippen LogP contribution in [0.1, 0.15) is 23.4 Å². The molecule has 0 fully saturated rings. The third kappa shape index (κ3) is 2.79. The summed E-state index contributed by atoms with van der Waals surface area (Å²) in [5, 5.41) is 8.54. The summed E-state index contributed by atoms with van der Waals surface area (Å²) >= 11 is 5.46. The van der Waals surface area contributed by atoms with Crippen LogP contribution >= 0.6 is 11.6 Å². The standard InChI is InChI=1S/C9H9ClF2N2O2/c10-3-4-1-5(13)6(2-7(15)16)14-8(4)9(11)12/h1,9H,2-3,13H2,(H,15,16). The Hall–Kier alpha value is -1.43. The minimum Gasteiger partial charge on any atom is -0.481 e. The molecule has 3 N–H and O–H groups in total. The van der Waals surface area contributed by atoms with Crippen molar-refractivity contribution >= 4 is 23.3 Å². The number of pyridine rings is 1. The van der Waals surface area contributed by atoms with Crippen LogP contribution in [-0.2, 0) is 17.1 Å². The average molecular weight is 251 g/mol. The molecule has 0 saturated carbocycles. The van der Waals surface area contributed by atoms with Crippen molar-refractivity contribution in [2.24, 2.45) is 0 Å². The molecule has 0 aromatic carbocycles. The van der Waals surface area contributed by atoms with Crippen molar-refractivity contribution in [2.75, 3.05) is 5.73 Å². The fourth-order valence-electron chi connectivity index (χ4n) is 1.21. The molecule has 1 rings (SSSR count). The highest BCUT2D eigenvalue weighted by atomic mass is 35.5. The van der Waals surface area contributed by atoms with E-state index in [9.17, 15) is 13.6 Å². The quantitative estimate of drug-likeness (QED) is 0.801. The third-order valence-electron chi connectivity index (χ3n) is 1.92. The summed E-state index contributed by atoms with van der Waals surface area (Å²) in [5.74, 6) is -1.33. The molecule has 1 heterocycles. The van der Waals surface area contributed by atoms with Gasteiger partial charge in [-0.25, -0.2) is 13.8 Å². The predicted molar refractivity (Wildman–Crippen MR) is 54.5 cm³/mol. The number of aliphatic carboxylic acids is 1. The predicted octanol–water partition coefficient (Wildman–Crippen LogP) is 1.97. The number of carbonyl (C=O) groups is 1. The molecule has 16 heavy (non-hydrogen) atoms. The maximum Gasteiger partial charge on any atom is 0.309 e. The van der Waals surface area contributed by atoms with E-state index >= 15 is 0 Å². The molecule has 4 nitrogen and oxygen atoms in total. The first-order chi connectivity index (χ1) is 7.45. The number of nitrogens with zero attached hydrogens (tertiary/aromatic N) is 1. The first kappa shape index (κ1) is 12.6. The van der Waals surface area contributed by atoms with Crippen molar-refractivity contribution in [3.8, 4) is 0 Å². The Morgan fingerprint density at radius 2 is 2.25 bits per heavy atom. The van der Waals surface area contributed by atoms with Crippen LogP contribution in [0.5, 0.6) is 0 Å². The van der Waals surface area contributed by atoms with Gasteiger partial charge in [0.2, 0.25) is 0 Å². The Balaban J connectivity index is 3.21. The van der Waals surface area contributed by atoms with Gasteiger partial charge in [-0.1, -0.05) is 0 Å². The molecule has 0 unspecified atom stereocenters. The van der Waals surface area contributed by atoms with Crippen molar-refractivity contribution in [1.29, 1.82) is 0 Å². The molecule has 7 heteroatoms. The Morgan fingerprint density at radius 1 is 1.62 bits per heavy atom. The first-order valence-corrected chi connectivity index (χ1v) is 4.83. The summed E-state index contributed by atoms with van der Waals surface area (Å²) in [4.78, 5) is 14.0. The molecule has 0 bridgehead atoms. The van der Waals surface area contributed by atoms with E-state index in [1.54, 1.807) is 0 Å². The van der Waals surface area contributed by atoms with E-state index in [4.69, 9.17) is 22.4 Å². The van der Waals surface area contributed by atoms with E-state index in [-0.39, 0.29) is 22.8 Å². The van der Waals surface area contributed by atoms with Gasteiger partial charge >= 0.3 is 5.97 Å². The number of alkyl halides is 3. The van der Waals surface area contributed by atoms with Gasteiger partial charge in [0, 0.05) is 5.88 Å². The Kier molecular flexibility index (Phi) is 4.00. The fraction of sp³-hybridized carbons (Fsp3) is 0.333. The van der Waals surface area contributed by atoms with Crippen molar-refractivity contribution in [2.45, 2.75) is 18.7 Å². The van der Waals surface area contributed by atoms with E-state index < -0.39 is 24.5 Å². The largest absolute Gasteiger partial charge is 0.481 e. The Bertz CT molecular complexity index is 413. The van der Waals surface area contributed by atoms with Crippen LogP contribution in [0, 0.1) is 0 Å². The average Bonchev–Trinajstić information content (AvgIpc) is 2.19. The van der Waals surface area contributed by atoms with Crippen molar-refractivity contribution in [3.63, 3.8) is 0 Å². The molecule has 0 atom stereocenters. The number of rotatable bonds is 4. The SMILES string of the molecule is Nc1cc(CCl)c(C(F)F)nc1CC(=O)O. The van der Waals surface area contributed by atoms with Crippen LogP contribution in [-0.4, -0.2) is 16.1 Å². The van der Waals surface area contributed by atoms with Crippen molar-refractivity contribution in [3.05, 3.63) is 23.0 Å². The Morgan fingerprint density at radius 3 is 2.69 bits per heavy atom. The van der Waals surface area contributed by atoms with Gasteiger partial charge < -0.3 is 10.8 Å². The van der Waals surface area contributed by atoms with Gasteiger partial charge in [0.25, 0.3) is 6.43 Å². The second-order valence-electron chi connectivity index (χ2n) is 3.07. The molecule has 0 amide bonds. The van der Waals surface area contributed by atoms with Crippen molar-refractivity contribution < 1.29 is 18.7 Å². The summed E-state index contributed by atoms with van der Waals surface area (Å²) in [7, 11) is 0. The molecule has 0 aliphatic rings. The van der Waals surface area contributed by atoms with Crippen LogP contribution < -0.4 is 5.73 Å². The lowest BCUT2D eigenvalue weighted by Crippen LogP contribution is -2.10. The Labute approximate surface area is 95.0 Å². The monoisotopic (exact) mass is 250 g/mol. The number of nitrogen functional groups attached to an aromatic ring is 1. The zero-order valence-corrected chi connectivity index (χ0v) is 8.84. The fourth-order valence-corrected chi connectivity index (χ4v) is 1.42. The summed E-state index contributed by atoms with van der Waals surface area (Å²) in [6, 6.07) is 1.24. The lowest BCUT2D eigenvalue weighted by molar-refractivity contribution is -0.136. The van der Waals surface area contributed by atoms with Gasteiger partial charge in [0.05, 0.1) is 17.8 Å². The molecule has 0 spiro atoms. The normalized spacial score (nSPS) is 10.8. The highest BCUT2D eigenvalue weighted by Gasteiger charge is 2.18. The number of carboxylic acid groups (broad SMARTS) is 1. The molecule has 0 aliphatic carbocycles. The molecule has 1 aromatic rings. The number of anilines is 1. The first-order valence-electron chi connectivity index (χ1n) is 4.29. The molecular formula is C9H9ClF2N2O2. The minimum absolute atomic E-state index is 0.0578. The molecule has 1 aromatic heterocycles. The zero-order valence-electron chi connectivity index (χ0n) is 8.08. The minimum atomic E-state index is -2.80. The van der Waals surface area contributed by atoms with E-state index in [1.807, 2.05) is 0 Å². The molecule has 0 aliphatic heterocycles. The number of halogens is 3. The highest BCUT2D eigenvalue weighted by molar-refractivity contribution is 6.17. The summed E-state index contributed by atoms with van der Waals surface area (Å²) in [5.41, 5.74) is 5.07. The maximum atomic E-state index is 12.6. The van der Waals surface area contributed by atoms with Crippen LogP contribution in [0.2, 0.25) is 0 Å². The van der Waals surface area contributed by atoms with Gasteiger partial charge in [0.1, 0.15) is 5.69 Å². The summed E-state index contributed by atoms with van der Waals surface area (Å²) in [6.45, 7) is 0. The van der Waals surface area contributed by atoms with Crippen molar-refractivity contribution in [1.82, 2.24) is 4.98 Å². The van der Waals surface area contributed by atoms with Gasteiger partial charge in [0.15, 0.2) is 0 Å². The second kappa shape index (κ2) is 5.07. The van der Waals surface area contributed by atoms with E-state index in [1.165, 1.54) is 6.07 Å². The number of hydrogen-bond acceptors (Lipinski definition) is 3. The molecular weight excluding hydrogens is 242 g/mol. The maximum absolute atomic E-state index is 12.6. The van der Waals surface area contributed by atoms with Crippen LogP contribution in [0.15, 0.2) is 6.07 Å². The van der Waals surface area contributed by atoms with E-state index in [0.717, 1.165) is 0 Å². The lowest BCUT2D eigenvalue weighted by atomic mass is 10.1.